The fourth-order valence-electron chi connectivity index (χ4n) is 3.53. The minimum Gasteiger partial charge on any atom is -0.409 e. The number of nitrogens with one attached hydrogen (secondary N) is 1. The van der Waals surface area contributed by atoms with E-state index in [4.69, 9.17) is 18.3 Å². The summed E-state index contributed by atoms with van der Waals surface area (Å²) >= 11 is 0. The van der Waals surface area contributed by atoms with Gasteiger partial charge in [-0.2, -0.15) is 0 Å². The Bertz CT molecular complexity index is 718. The second kappa shape index (κ2) is 13.3. The minimum absolute atomic E-state index is 0.0197. The van der Waals surface area contributed by atoms with E-state index in [0.717, 1.165) is 12.8 Å². The molecular formula is C26H54N2O6Si2. The molecule has 1 fully saturated rings. The number of unbranched alkanes of at least 4 members (excludes halogenated alkanes) is 1. The van der Waals surface area contributed by atoms with Gasteiger partial charge in [-0.1, -0.05) is 54.9 Å². The van der Waals surface area contributed by atoms with Gasteiger partial charge in [0.05, 0.1) is 19.3 Å². The number of ether oxygens (including phenoxy) is 2. The Labute approximate surface area is 222 Å². The molecule has 1 aliphatic rings. The molecule has 1 N–H and O–H groups in total. The summed E-state index contributed by atoms with van der Waals surface area (Å²) in [6.07, 6.45) is 0.931. The van der Waals surface area contributed by atoms with Crippen molar-refractivity contribution >= 4 is 28.4 Å². The predicted molar refractivity (Wildman–Crippen MR) is 150 cm³/mol. The molecular weight excluding hydrogens is 492 g/mol. The number of carbonyl (C=O) groups is 2. The highest BCUT2D eigenvalue weighted by molar-refractivity contribution is 6.74. The van der Waals surface area contributed by atoms with E-state index in [0.29, 0.717) is 26.3 Å². The van der Waals surface area contributed by atoms with Crippen LogP contribution >= 0.6 is 0 Å². The number of carbonyl (C=O) groups excluding carboxylic acids is 2. The number of hydrogen-bond donors (Lipinski definition) is 1. The second-order valence-corrected chi connectivity index (χ2v) is 22.5. The lowest BCUT2D eigenvalue weighted by atomic mass is 10.1. The molecule has 1 aliphatic heterocycles. The lowest BCUT2D eigenvalue weighted by molar-refractivity contribution is -0.144. The molecule has 0 aliphatic carbocycles. The number of nitrogens with zero attached hydrogens (tertiary/aromatic N) is 1. The molecule has 1 heterocycles. The van der Waals surface area contributed by atoms with Crippen molar-refractivity contribution in [2.24, 2.45) is 0 Å². The highest BCUT2D eigenvalue weighted by Crippen LogP contribution is 2.42. The Balaban J connectivity index is 3.41. The van der Waals surface area contributed by atoms with Crippen LogP contribution in [0.4, 0.5) is 0 Å². The van der Waals surface area contributed by atoms with Crippen LogP contribution in [0.25, 0.3) is 0 Å². The molecule has 10 heteroatoms. The number of likely N-dealkylation sites (tertiary alicyclic amines) is 1. The minimum atomic E-state index is -2.29. The van der Waals surface area contributed by atoms with Crippen molar-refractivity contribution in [3.05, 3.63) is 0 Å². The Morgan fingerprint density at radius 2 is 1.50 bits per heavy atom. The average Bonchev–Trinajstić information content (AvgIpc) is 3.06. The van der Waals surface area contributed by atoms with E-state index >= 15 is 0 Å². The van der Waals surface area contributed by atoms with Crippen molar-refractivity contribution < 1.29 is 27.9 Å². The number of rotatable bonds is 13. The van der Waals surface area contributed by atoms with Crippen LogP contribution in [-0.4, -0.2) is 91.6 Å². The molecule has 1 rings (SSSR count). The Kier molecular flexibility index (Phi) is 12.3. The lowest BCUT2D eigenvalue weighted by Crippen LogP contribution is -2.57. The van der Waals surface area contributed by atoms with Gasteiger partial charge in [-0.25, -0.2) is 0 Å². The normalized spacial score (nSPS) is 21.7. The van der Waals surface area contributed by atoms with Crippen molar-refractivity contribution in [3.63, 3.8) is 0 Å². The van der Waals surface area contributed by atoms with E-state index in [1.54, 1.807) is 12.0 Å². The summed E-state index contributed by atoms with van der Waals surface area (Å²) in [5.74, 6) is -0.411. The molecule has 0 radical (unpaired) electrons. The van der Waals surface area contributed by atoms with Crippen LogP contribution in [0.2, 0.25) is 36.3 Å². The topological polar surface area (TPSA) is 86.3 Å². The van der Waals surface area contributed by atoms with Gasteiger partial charge in [-0.05, 0) is 42.7 Å². The van der Waals surface area contributed by atoms with Crippen LogP contribution in [0, 0.1) is 0 Å². The molecule has 0 bridgehead atoms. The third kappa shape index (κ3) is 8.90. The number of amides is 2. The van der Waals surface area contributed by atoms with Crippen molar-refractivity contribution in [3.8, 4) is 0 Å². The van der Waals surface area contributed by atoms with Crippen LogP contribution in [0.3, 0.4) is 0 Å². The van der Waals surface area contributed by atoms with Gasteiger partial charge >= 0.3 is 0 Å². The van der Waals surface area contributed by atoms with Crippen molar-refractivity contribution in [2.45, 2.75) is 116 Å². The molecule has 0 aromatic heterocycles. The Morgan fingerprint density at radius 3 is 2.00 bits per heavy atom. The van der Waals surface area contributed by atoms with Crippen LogP contribution in [-0.2, 0) is 27.9 Å². The second-order valence-electron chi connectivity index (χ2n) is 12.9. The van der Waals surface area contributed by atoms with Gasteiger partial charge in [0.25, 0.3) is 0 Å². The molecule has 1 saturated heterocycles. The Morgan fingerprint density at radius 1 is 0.944 bits per heavy atom. The maximum Gasteiger partial charge on any atom is 0.249 e. The van der Waals surface area contributed by atoms with Crippen molar-refractivity contribution in [2.75, 3.05) is 40.0 Å². The molecule has 8 nitrogen and oxygen atoms in total. The first kappa shape index (κ1) is 33.2. The number of hydrogen-bond acceptors (Lipinski definition) is 6. The molecule has 2 amide bonds. The molecule has 3 atom stereocenters. The third-order valence-electron chi connectivity index (χ3n) is 7.95. The SMILES string of the molecule is CCCCNC(=O)C1[C@H](O[Si](C)(C)C(C)(C)C)[C@@H](O[Si](C)(C)C(C)(C)C)CN1C(=O)COCCOC. The zero-order chi connectivity index (χ0) is 27.9. The summed E-state index contributed by atoms with van der Waals surface area (Å²) < 4.78 is 24.4. The summed E-state index contributed by atoms with van der Waals surface area (Å²) in [6, 6.07) is -0.760. The van der Waals surface area contributed by atoms with Crippen LogP contribution in [0.5, 0.6) is 0 Å². The van der Waals surface area contributed by atoms with E-state index in [2.05, 4.69) is 80.0 Å². The Hall–Kier alpha value is -0.786. The van der Waals surface area contributed by atoms with E-state index in [1.807, 2.05) is 0 Å². The summed E-state index contributed by atoms with van der Waals surface area (Å²) in [4.78, 5) is 28.6. The van der Waals surface area contributed by atoms with Gasteiger partial charge in [0, 0.05) is 20.2 Å². The molecule has 1 unspecified atom stereocenters. The molecule has 0 aromatic rings. The maximum atomic E-state index is 13.6. The zero-order valence-electron chi connectivity index (χ0n) is 25.1. The van der Waals surface area contributed by atoms with E-state index < -0.39 is 28.8 Å². The van der Waals surface area contributed by atoms with Crippen molar-refractivity contribution in [1.82, 2.24) is 10.2 Å². The molecule has 0 aromatic carbocycles. The molecule has 36 heavy (non-hydrogen) atoms. The van der Waals surface area contributed by atoms with Crippen molar-refractivity contribution in [1.29, 1.82) is 0 Å². The summed E-state index contributed by atoms with van der Waals surface area (Å²) in [7, 11) is -2.91. The average molecular weight is 547 g/mol. The fraction of sp³-hybridized carbons (Fsp3) is 0.923. The monoisotopic (exact) mass is 546 g/mol. The first-order valence-electron chi connectivity index (χ1n) is 13.4. The summed E-state index contributed by atoms with van der Waals surface area (Å²) in [5.41, 5.74) is 0. The van der Waals surface area contributed by atoms with Crippen LogP contribution in [0.15, 0.2) is 0 Å². The quantitative estimate of drug-likeness (QED) is 0.269. The van der Waals surface area contributed by atoms with Crippen LogP contribution in [0.1, 0.15) is 61.3 Å². The highest BCUT2D eigenvalue weighted by Gasteiger charge is 2.54. The molecule has 0 spiro atoms. The predicted octanol–water partition coefficient (Wildman–Crippen LogP) is 4.56. The smallest absolute Gasteiger partial charge is 0.249 e. The van der Waals surface area contributed by atoms with Gasteiger partial charge in [0.15, 0.2) is 16.6 Å². The van der Waals surface area contributed by atoms with Crippen LogP contribution < -0.4 is 5.32 Å². The van der Waals surface area contributed by atoms with Gasteiger partial charge in [0.2, 0.25) is 11.8 Å². The van der Waals surface area contributed by atoms with Gasteiger partial charge in [0.1, 0.15) is 18.8 Å². The maximum absolute atomic E-state index is 13.6. The fourth-order valence-corrected chi connectivity index (χ4v) is 6.17. The highest BCUT2D eigenvalue weighted by atomic mass is 28.4. The van der Waals surface area contributed by atoms with Gasteiger partial charge in [-0.3, -0.25) is 9.59 Å². The van der Waals surface area contributed by atoms with E-state index in [-0.39, 0.29) is 34.6 Å². The summed E-state index contributed by atoms with van der Waals surface area (Å²) in [6.45, 7) is 25.5. The van der Waals surface area contributed by atoms with E-state index in [1.165, 1.54) is 0 Å². The zero-order valence-corrected chi connectivity index (χ0v) is 27.1. The van der Waals surface area contributed by atoms with Gasteiger partial charge < -0.3 is 28.5 Å². The standard InChI is InChI=1S/C26H54N2O6Si2/c1-13-14-15-27-24(30)22-23(34-36(11,12)26(5,6)7)20(33-35(9,10)25(2,3)4)18-28(22)21(29)19-32-17-16-31-8/h20,22-23H,13-19H2,1-12H3,(H,27,30)/t20-,22?,23+/m0/s1. The first-order chi connectivity index (χ1) is 16.4. The molecule has 212 valence electrons. The number of methoxy groups -OCH3 is 1. The first-order valence-corrected chi connectivity index (χ1v) is 19.2. The molecule has 0 saturated carbocycles. The van der Waals surface area contributed by atoms with E-state index in [9.17, 15) is 9.59 Å². The lowest BCUT2D eigenvalue weighted by Gasteiger charge is -2.43. The van der Waals surface area contributed by atoms with Gasteiger partial charge in [-0.15, -0.1) is 0 Å². The third-order valence-corrected chi connectivity index (χ3v) is 16.9. The summed E-state index contributed by atoms with van der Waals surface area (Å²) in [5, 5.41) is 2.98. The largest absolute Gasteiger partial charge is 0.409 e.